The third-order valence-electron chi connectivity index (χ3n) is 5.17. The van der Waals surface area contributed by atoms with Gasteiger partial charge in [-0.15, -0.1) is 0 Å². The summed E-state index contributed by atoms with van der Waals surface area (Å²) in [5, 5.41) is 10.8. The largest absolute Gasteiger partial charge is 0.462 e. The van der Waals surface area contributed by atoms with Crippen LogP contribution in [0, 0.1) is 21.7 Å². The minimum absolute atomic E-state index is 0.404. The fourth-order valence-corrected chi connectivity index (χ4v) is 2.71. The van der Waals surface area contributed by atoms with Crippen molar-refractivity contribution in [2.75, 3.05) is 6.61 Å². The normalized spacial score (nSPS) is 25.5. The smallest absolute Gasteiger partial charge is 0.311 e. The van der Waals surface area contributed by atoms with Crippen molar-refractivity contribution in [2.24, 2.45) is 21.7 Å². The van der Waals surface area contributed by atoms with Crippen molar-refractivity contribution in [1.29, 1.82) is 0 Å². The minimum atomic E-state index is -1.75. The molecule has 0 radical (unpaired) electrons. The average molecular weight is 517 g/mol. The fraction of sp³-hybridized carbons (Fsp3) is 0.846. The molecule has 1 fully saturated rings. The highest BCUT2D eigenvalue weighted by atomic mass is 16.7. The lowest BCUT2D eigenvalue weighted by Crippen LogP contribution is -2.63. The van der Waals surface area contributed by atoms with Crippen molar-refractivity contribution in [2.45, 2.75) is 114 Å². The van der Waals surface area contributed by atoms with E-state index in [2.05, 4.69) is 0 Å². The molecule has 10 nitrogen and oxygen atoms in total. The molecule has 0 spiro atoms. The first kappa shape index (κ1) is 31.8. The predicted octanol–water partition coefficient (Wildman–Crippen LogP) is 3.17. The average Bonchev–Trinajstić information content (AvgIpc) is 2.67. The molecule has 0 aromatic heterocycles. The van der Waals surface area contributed by atoms with E-state index in [0.29, 0.717) is 0 Å². The summed E-state index contributed by atoms with van der Waals surface area (Å²) in [5.41, 5.74) is -3.68. The molecule has 208 valence electrons. The zero-order valence-electron chi connectivity index (χ0n) is 23.7. The summed E-state index contributed by atoms with van der Waals surface area (Å²) in [5.74, 6) is -2.57. The third kappa shape index (κ3) is 8.73. The third-order valence-corrected chi connectivity index (χ3v) is 5.17. The Morgan fingerprint density at radius 1 is 0.583 bits per heavy atom. The van der Waals surface area contributed by atoms with Gasteiger partial charge in [-0.3, -0.25) is 19.2 Å². The van der Waals surface area contributed by atoms with Crippen LogP contribution < -0.4 is 0 Å². The van der Waals surface area contributed by atoms with Gasteiger partial charge >= 0.3 is 23.9 Å². The maximum absolute atomic E-state index is 12.9. The van der Waals surface area contributed by atoms with Crippen LogP contribution >= 0.6 is 0 Å². The van der Waals surface area contributed by atoms with Crippen LogP contribution in [0.3, 0.4) is 0 Å². The second-order valence-corrected chi connectivity index (χ2v) is 13.3. The summed E-state index contributed by atoms with van der Waals surface area (Å²) in [6, 6.07) is 0. The lowest BCUT2D eigenvalue weighted by atomic mass is 9.93. The quantitative estimate of drug-likeness (QED) is 0.429. The second kappa shape index (κ2) is 11.0. The molecule has 5 atom stereocenters. The molecule has 1 saturated heterocycles. The van der Waals surface area contributed by atoms with Crippen molar-refractivity contribution < 1.29 is 48.0 Å². The Morgan fingerprint density at radius 2 is 0.917 bits per heavy atom. The van der Waals surface area contributed by atoms with Crippen LogP contribution in [0.15, 0.2) is 0 Å². The van der Waals surface area contributed by atoms with E-state index in [4.69, 9.17) is 23.7 Å². The number of esters is 4. The van der Waals surface area contributed by atoms with E-state index in [9.17, 15) is 24.3 Å². The summed E-state index contributed by atoms with van der Waals surface area (Å²) in [4.78, 5) is 50.8. The van der Waals surface area contributed by atoms with Crippen molar-refractivity contribution in [1.82, 2.24) is 0 Å². The molecule has 10 heteroatoms. The Hall–Kier alpha value is -2.20. The SMILES string of the molecule is CC(C)(C)C(=O)OC[C@H]1O[C@H](O)[C@H](OC(=O)C(C)(C)C)[C@@H](OC(=O)C(C)(C)C)[C@H]1OC(=O)C(C)(C)C. The van der Waals surface area contributed by atoms with Gasteiger partial charge < -0.3 is 28.8 Å². The first-order valence-corrected chi connectivity index (χ1v) is 12.1. The maximum Gasteiger partial charge on any atom is 0.311 e. The Morgan fingerprint density at radius 3 is 1.28 bits per heavy atom. The lowest BCUT2D eigenvalue weighted by molar-refractivity contribution is -0.300. The van der Waals surface area contributed by atoms with Gasteiger partial charge in [-0.05, 0) is 83.1 Å². The number of aliphatic hydroxyl groups is 1. The first-order valence-electron chi connectivity index (χ1n) is 12.1. The Kier molecular flexibility index (Phi) is 9.77. The Bertz CT molecular complexity index is 820. The molecule has 0 amide bonds. The van der Waals surface area contributed by atoms with Crippen LogP contribution in [-0.4, -0.2) is 66.3 Å². The number of hydrogen-bond donors (Lipinski definition) is 1. The molecule has 36 heavy (non-hydrogen) atoms. The van der Waals surface area contributed by atoms with Gasteiger partial charge in [-0.1, -0.05) is 0 Å². The van der Waals surface area contributed by atoms with Gasteiger partial charge in [-0.25, -0.2) is 0 Å². The number of rotatable bonds is 5. The van der Waals surface area contributed by atoms with Gasteiger partial charge in [0.25, 0.3) is 0 Å². The summed E-state index contributed by atoms with van der Waals surface area (Å²) < 4.78 is 28.0. The van der Waals surface area contributed by atoms with Gasteiger partial charge in [-0.2, -0.15) is 0 Å². The van der Waals surface area contributed by atoms with Crippen molar-refractivity contribution >= 4 is 23.9 Å². The zero-order valence-corrected chi connectivity index (χ0v) is 23.7. The van der Waals surface area contributed by atoms with Crippen LogP contribution in [0.4, 0.5) is 0 Å². The Labute approximate surface area is 214 Å². The molecule has 1 aliphatic rings. The highest BCUT2D eigenvalue weighted by Crippen LogP contribution is 2.33. The predicted molar refractivity (Wildman–Crippen MR) is 129 cm³/mol. The highest BCUT2D eigenvalue weighted by Gasteiger charge is 2.54. The molecular weight excluding hydrogens is 472 g/mol. The van der Waals surface area contributed by atoms with E-state index >= 15 is 0 Å². The lowest BCUT2D eigenvalue weighted by Gasteiger charge is -2.44. The molecular formula is C26H44O10. The highest BCUT2D eigenvalue weighted by molar-refractivity contribution is 5.78. The van der Waals surface area contributed by atoms with Crippen LogP contribution in [0.2, 0.25) is 0 Å². The minimum Gasteiger partial charge on any atom is -0.462 e. The van der Waals surface area contributed by atoms with Crippen LogP contribution in [0.25, 0.3) is 0 Å². The van der Waals surface area contributed by atoms with E-state index in [-0.39, 0.29) is 0 Å². The molecule has 0 saturated carbocycles. The molecule has 1 rings (SSSR count). The van der Waals surface area contributed by atoms with Crippen molar-refractivity contribution in [3.63, 3.8) is 0 Å². The van der Waals surface area contributed by atoms with E-state index < -0.39 is 82.8 Å². The fourth-order valence-electron chi connectivity index (χ4n) is 2.71. The number of hydrogen-bond acceptors (Lipinski definition) is 10. The molecule has 0 bridgehead atoms. The topological polar surface area (TPSA) is 135 Å². The first-order chi connectivity index (χ1) is 16.0. The zero-order chi connectivity index (χ0) is 28.4. The number of carbonyl (C=O) groups excluding carboxylic acids is 4. The molecule has 1 aliphatic heterocycles. The second-order valence-electron chi connectivity index (χ2n) is 13.3. The van der Waals surface area contributed by atoms with Gasteiger partial charge in [0.2, 0.25) is 0 Å². The van der Waals surface area contributed by atoms with Crippen LogP contribution in [-0.2, 0) is 42.9 Å². The number of ether oxygens (including phenoxy) is 5. The monoisotopic (exact) mass is 516 g/mol. The summed E-state index contributed by atoms with van der Waals surface area (Å²) >= 11 is 0. The molecule has 1 heterocycles. The number of carbonyl (C=O) groups is 4. The van der Waals surface area contributed by atoms with Gasteiger partial charge in [0.05, 0.1) is 21.7 Å². The molecule has 1 N–H and O–H groups in total. The van der Waals surface area contributed by atoms with E-state index in [1.54, 1.807) is 83.1 Å². The van der Waals surface area contributed by atoms with Gasteiger partial charge in [0, 0.05) is 0 Å². The van der Waals surface area contributed by atoms with E-state index in [1.807, 2.05) is 0 Å². The molecule has 0 aromatic rings. The van der Waals surface area contributed by atoms with E-state index in [1.165, 1.54) is 0 Å². The van der Waals surface area contributed by atoms with E-state index in [0.717, 1.165) is 0 Å². The maximum atomic E-state index is 12.9. The van der Waals surface area contributed by atoms with Crippen LogP contribution in [0.1, 0.15) is 83.1 Å². The van der Waals surface area contributed by atoms with Gasteiger partial charge in [0.15, 0.2) is 24.6 Å². The standard InChI is InChI=1S/C26H44O10/c1-23(2,3)19(28)32-13-14-15(34-20(29)24(4,5)6)16(35-21(30)25(7,8)9)17(18(27)33-14)36-22(31)26(10,11)12/h14-18,27H,13H2,1-12H3/t14-,15+,16+,17-,18+/m1/s1. The molecule has 0 aromatic carbocycles. The summed E-state index contributed by atoms with van der Waals surface area (Å²) in [6.07, 6.45) is -7.25. The summed E-state index contributed by atoms with van der Waals surface area (Å²) in [6.45, 7) is 19.2. The van der Waals surface area contributed by atoms with Crippen molar-refractivity contribution in [3.05, 3.63) is 0 Å². The summed E-state index contributed by atoms with van der Waals surface area (Å²) in [7, 11) is 0. The molecule has 0 aliphatic carbocycles. The van der Waals surface area contributed by atoms with Gasteiger partial charge in [0.1, 0.15) is 12.7 Å². The number of aliphatic hydroxyl groups excluding tert-OH is 1. The van der Waals surface area contributed by atoms with Crippen LogP contribution in [0.5, 0.6) is 0 Å². The van der Waals surface area contributed by atoms with Crippen molar-refractivity contribution in [3.8, 4) is 0 Å². The molecule has 0 unspecified atom stereocenters. The Balaban J connectivity index is 3.50.